The number of nitrogens with zero attached hydrogens (tertiary/aromatic N) is 1. The van der Waals surface area contributed by atoms with Crippen LogP contribution in [0.25, 0.3) is 0 Å². The van der Waals surface area contributed by atoms with E-state index in [0.717, 1.165) is 56.2 Å². The van der Waals surface area contributed by atoms with Gasteiger partial charge >= 0.3 is 0 Å². The van der Waals surface area contributed by atoms with Gasteiger partial charge < -0.3 is 28.6 Å². The molecule has 8 heteroatoms. The second kappa shape index (κ2) is 23.7. The van der Waals surface area contributed by atoms with E-state index in [1.807, 2.05) is 0 Å². The van der Waals surface area contributed by atoms with Gasteiger partial charge in [0.15, 0.2) is 12.6 Å². The lowest BCUT2D eigenvalue weighted by Gasteiger charge is -2.25. The van der Waals surface area contributed by atoms with Gasteiger partial charge in [-0.2, -0.15) is 0 Å². The summed E-state index contributed by atoms with van der Waals surface area (Å²) in [6.07, 6.45) is 8.58. The van der Waals surface area contributed by atoms with Crippen LogP contribution in [-0.4, -0.2) is 99.4 Å². The highest BCUT2D eigenvalue weighted by Crippen LogP contribution is 2.19. The zero-order valence-corrected chi connectivity index (χ0v) is 26.4. The minimum atomic E-state index is -0.0748. The van der Waals surface area contributed by atoms with Gasteiger partial charge in [-0.3, -0.25) is 0 Å². The summed E-state index contributed by atoms with van der Waals surface area (Å²) in [6.45, 7) is 23.8. The Hall–Kier alpha value is 0.620. The van der Waals surface area contributed by atoms with Crippen LogP contribution in [0.2, 0.25) is 0 Å². The third-order valence-corrected chi connectivity index (χ3v) is 7.42. The molecule has 0 heterocycles. The van der Waals surface area contributed by atoms with Crippen molar-refractivity contribution in [3.05, 3.63) is 0 Å². The Kier molecular flexibility index (Phi) is 24.1. The largest absolute Gasteiger partial charge is 0.382 e. The van der Waals surface area contributed by atoms with Crippen molar-refractivity contribution in [1.29, 1.82) is 0 Å². The van der Waals surface area contributed by atoms with Crippen LogP contribution in [0.4, 0.5) is 0 Å². The first-order chi connectivity index (χ1) is 16.6. The molecule has 2 unspecified atom stereocenters. The molecule has 2 atom stereocenters. The topological polar surface area (TPSA) is 49.4 Å². The fraction of sp³-hybridized carbons (Fsp3) is 1.00. The molecule has 0 amide bonds. The molecule has 0 aromatic rings. The monoisotopic (exact) mass is 539 g/mol. The second-order valence-electron chi connectivity index (χ2n) is 10.1. The predicted molar refractivity (Wildman–Crippen MR) is 155 cm³/mol. The third-order valence-electron chi connectivity index (χ3n) is 4.99. The molecule has 0 aromatic heterocycles. The van der Waals surface area contributed by atoms with Gasteiger partial charge in [0, 0.05) is 45.7 Å². The number of hydrogen-bond acceptors (Lipinski definition) is 6. The fourth-order valence-corrected chi connectivity index (χ4v) is 5.91. The fourth-order valence-electron chi connectivity index (χ4n) is 3.58. The molecule has 0 aromatic carbocycles. The van der Waals surface area contributed by atoms with Crippen molar-refractivity contribution in [2.75, 3.05) is 57.5 Å². The molecule has 0 saturated heterocycles. The minimum absolute atomic E-state index is 0.0748. The molecule has 6 nitrogen and oxygen atoms in total. The van der Waals surface area contributed by atoms with E-state index in [9.17, 15) is 0 Å². The molecule has 212 valence electrons. The number of ether oxygens (including phenoxy) is 5. The summed E-state index contributed by atoms with van der Waals surface area (Å²) >= 11 is 0. The molecule has 0 bridgehead atoms. The van der Waals surface area contributed by atoms with E-state index >= 15 is 0 Å². The van der Waals surface area contributed by atoms with Crippen LogP contribution in [0.1, 0.15) is 81.6 Å². The Bertz CT molecular complexity index is 401. The van der Waals surface area contributed by atoms with Crippen molar-refractivity contribution >= 4 is 17.2 Å². The van der Waals surface area contributed by atoms with Crippen molar-refractivity contribution in [2.45, 2.75) is 119 Å². The Labute approximate surface area is 221 Å². The standard InChI is InChI=1S/C27H59NO5P2/c1-10-29-17-11-14-28(15-20-34-18-12-26(30-22(2)3)31-23(4)5)16-21-35-19-13-27(32-24(6)7)33-25(8)9/h22-27,34-35H,10-21H2,1-9H3. The van der Waals surface area contributed by atoms with Crippen LogP contribution in [0.3, 0.4) is 0 Å². The first-order valence-corrected chi connectivity index (χ1v) is 16.8. The van der Waals surface area contributed by atoms with Crippen molar-refractivity contribution in [3.63, 3.8) is 0 Å². The van der Waals surface area contributed by atoms with Gasteiger partial charge in [0.2, 0.25) is 0 Å². The van der Waals surface area contributed by atoms with Crippen molar-refractivity contribution in [2.24, 2.45) is 0 Å². The van der Waals surface area contributed by atoms with E-state index in [-0.39, 0.29) is 37.0 Å². The molecule has 0 fully saturated rings. The van der Waals surface area contributed by atoms with Crippen LogP contribution in [0.15, 0.2) is 0 Å². The summed E-state index contributed by atoms with van der Waals surface area (Å²) in [5.74, 6) is 0. The normalized spacial score (nSPS) is 13.4. The first-order valence-electron chi connectivity index (χ1n) is 14.0. The SMILES string of the molecule is CCOCCCN(CCPCCC(OC(C)C)OC(C)C)CCPCCC(OC(C)C)OC(C)C. The van der Waals surface area contributed by atoms with Crippen LogP contribution >= 0.6 is 17.2 Å². The molecular formula is C27H59NO5P2. The maximum absolute atomic E-state index is 5.94. The first kappa shape index (κ1) is 35.6. The van der Waals surface area contributed by atoms with Gasteiger partial charge in [-0.15, -0.1) is 17.2 Å². The second-order valence-corrected chi connectivity index (χ2v) is 13.1. The summed E-state index contributed by atoms with van der Waals surface area (Å²) in [6, 6.07) is 0. The predicted octanol–water partition coefficient (Wildman–Crippen LogP) is 6.20. The zero-order valence-electron chi connectivity index (χ0n) is 24.4. The Morgan fingerprint density at radius 1 is 0.571 bits per heavy atom. The average Bonchev–Trinajstić information content (AvgIpc) is 2.73. The van der Waals surface area contributed by atoms with Gasteiger partial charge in [0.05, 0.1) is 24.4 Å². The molecule has 0 spiro atoms. The maximum Gasteiger partial charge on any atom is 0.158 e. The van der Waals surface area contributed by atoms with E-state index < -0.39 is 0 Å². The van der Waals surface area contributed by atoms with Crippen LogP contribution in [0.5, 0.6) is 0 Å². The lowest BCUT2D eigenvalue weighted by Crippen LogP contribution is -2.30. The summed E-state index contributed by atoms with van der Waals surface area (Å²) in [7, 11) is 1.90. The quantitative estimate of drug-likeness (QED) is 0.0782. The zero-order chi connectivity index (χ0) is 26.5. The smallest absolute Gasteiger partial charge is 0.158 e. The Morgan fingerprint density at radius 3 is 1.31 bits per heavy atom. The molecule has 0 aliphatic carbocycles. The van der Waals surface area contributed by atoms with Gasteiger partial charge in [-0.1, -0.05) is 0 Å². The molecule has 0 saturated carbocycles. The summed E-state index contributed by atoms with van der Waals surface area (Å²) in [4.78, 5) is 2.64. The van der Waals surface area contributed by atoms with E-state index in [1.54, 1.807) is 0 Å². The Balaban J connectivity index is 4.33. The van der Waals surface area contributed by atoms with Crippen molar-refractivity contribution < 1.29 is 23.7 Å². The molecule has 35 heavy (non-hydrogen) atoms. The lowest BCUT2D eigenvalue weighted by atomic mass is 10.4. The van der Waals surface area contributed by atoms with Crippen LogP contribution in [-0.2, 0) is 23.7 Å². The van der Waals surface area contributed by atoms with Gasteiger partial charge in [-0.05, 0) is 93.4 Å². The van der Waals surface area contributed by atoms with E-state index in [0.29, 0.717) is 0 Å². The average molecular weight is 540 g/mol. The van der Waals surface area contributed by atoms with E-state index in [4.69, 9.17) is 23.7 Å². The van der Waals surface area contributed by atoms with Crippen molar-refractivity contribution in [3.8, 4) is 0 Å². The molecule has 0 rings (SSSR count). The number of rotatable bonds is 25. The summed E-state index contributed by atoms with van der Waals surface area (Å²) in [5, 5.41) is 0. The summed E-state index contributed by atoms with van der Waals surface area (Å²) < 4.78 is 29.3. The van der Waals surface area contributed by atoms with Crippen LogP contribution in [0, 0.1) is 0 Å². The van der Waals surface area contributed by atoms with Crippen molar-refractivity contribution in [1.82, 2.24) is 4.90 Å². The minimum Gasteiger partial charge on any atom is -0.382 e. The molecule has 0 aliphatic rings. The van der Waals surface area contributed by atoms with Gasteiger partial charge in [0.1, 0.15) is 0 Å². The summed E-state index contributed by atoms with van der Waals surface area (Å²) in [5.41, 5.74) is 0. The van der Waals surface area contributed by atoms with E-state index in [1.165, 1.54) is 37.7 Å². The maximum atomic E-state index is 5.94. The van der Waals surface area contributed by atoms with Gasteiger partial charge in [0.25, 0.3) is 0 Å². The van der Waals surface area contributed by atoms with E-state index in [2.05, 4.69) is 67.2 Å². The molecular weight excluding hydrogens is 480 g/mol. The molecule has 0 radical (unpaired) electrons. The number of hydrogen-bond donors (Lipinski definition) is 0. The van der Waals surface area contributed by atoms with Gasteiger partial charge in [-0.25, -0.2) is 0 Å². The lowest BCUT2D eigenvalue weighted by molar-refractivity contribution is -0.181. The molecule has 0 aliphatic heterocycles. The third kappa shape index (κ3) is 24.7. The molecule has 0 N–H and O–H groups in total. The van der Waals surface area contributed by atoms with Crippen LogP contribution < -0.4 is 0 Å². The highest BCUT2D eigenvalue weighted by Gasteiger charge is 2.15. The Morgan fingerprint density at radius 2 is 0.971 bits per heavy atom. The highest BCUT2D eigenvalue weighted by atomic mass is 31.1. The highest BCUT2D eigenvalue weighted by molar-refractivity contribution is 7.38.